The number of nitrogens with one attached hydrogen (secondary N) is 2. The summed E-state index contributed by atoms with van der Waals surface area (Å²) in [5, 5.41) is 3.69. The van der Waals surface area contributed by atoms with E-state index in [0.717, 1.165) is 35.3 Å². The quantitative estimate of drug-likeness (QED) is 0.632. The number of pyridine rings is 1. The van der Waals surface area contributed by atoms with E-state index in [0.29, 0.717) is 17.5 Å². The predicted molar refractivity (Wildman–Crippen MR) is 117 cm³/mol. The number of likely N-dealkylation sites (tertiary alicyclic amines) is 1. The minimum absolute atomic E-state index is 0.00463. The summed E-state index contributed by atoms with van der Waals surface area (Å²) in [5.74, 6) is -0.0572. The fraction of sp³-hybridized carbons (Fsp3) is 0.333. The number of H-pyrrole nitrogens is 1. The Morgan fingerprint density at radius 1 is 1.10 bits per heavy atom. The highest BCUT2D eigenvalue weighted by Crippen LogP contribution is 2.26. The molecular formula is C24H27N3O2. The summed E-state index contributed by atoms with van der Waals surface area (Å²) in [6.45, 7) is 5.97. The molecule has 2 N–H and O–H groups in total. The van der Waals surface area contributed by atoms with Crippen LogP contribution in [0.25, 0.3) is 22.0 Å². The number of hydrogen-bond donors (Lipinski definition) is 2. The summed E-state index contributed by atoms with van der Waals surface area (Å²) in [5.41, 5.74) is 4.11. The molecule has 1 aliphatic heterocycles. The van der Waals surface area contributed by atoms with E-state index in [9.17, 15) is 9.59 Å². The van der Waals surface area contributed by atoms with Gasteiger partial charge in [-0.05, 0) is 69.6 Å². The first-order chi connectivity index (χ1) is 14.1. The van der Waals surface area contributed by atoms with Gasteiger partial charge in [-0.25, -0.2) is 0 Å². The van der Waals surface area contributed by atoms with Gasteiger partial charge < -0.3 is 15.2 Å². The fourth-order valence-electron chi connectivity index (χ4n) is 4.08. The second kappa shape index (κ2) is 8.62. The molecule has 29 heavy (non-hydrogen) atoms. The number of carbonyl (C=O) groups is 1. The van der Waals surface area contributed by atoms with E-state index in [4.69, 9.17) is 0 Å². The Labute approximate surface area is 170 Å². The maximum atomic E-state index is 12.6. The first-order valence-electron chi connectivity index (χ1n) is 10.4. The van der Waals surface area contributed by atoms with E-state index >= 15 is 0 Å². The van der Waals surface area contributed by atoms with Gasteiger partial charge in [-0.3, -0.25) is 9.59 Å². The van der Waals surface area contributed by atoms with Gasteiger partial charge in [0.1, 0.15) is 0 Å². The summed E-state index contributed by atoms with van der Waals surface area (Å²) in [7, 11) is 0. The van der Waals surface area contributed by atoms with Crippen LogP contribution in [-0.4, -0.2) is 42.0 Å². The molecule has 5 heteroatoms. The smallest absolute Gasteiger partial charge is 0.251 e. The van der Waals surface area contributed by atoms with Crippen molar-refractivity contribution < 1.29 is 4.79 Å². The zero-order valence-electron chi connectivity index (χ0n) is 16.8. The third-order valence-electron chi connectivity index (χ3n) is 5.57. The number of fused-ring (bicyclic) bond motifs is 1. The Morgan fingerprint density at radius 2 is 1.90 bits per heavy atom. The van der Waals surface area contributed by atoms with Crippen molar-refractivity contribution in [3.8, 4) is 11.1 Å². The largest absolute Gasteiger partial charge is 0.358 e. The Hall–Kier alpha value is -2.92. The molecule has 2 heterocycles. The first-order valence-corrected chi connectivity index (χ1v) is 10.4. The highest BCUT2D eigenvalue weighted by Gasteiger charge is 2.12. The van der Waals surface area contributed by atoms with Crippen molar-refractivity contribution in [2.75, 3.05) is 26.2 Å². The third-order valence-corrected chi connectivity index (χ3v) is 5.57. The van der Waals surface area contributed by atoms with Crippen molar-refractivity contribution >= 4 is 16.8 Å². The number of amides is 1. The van der Waals surface area contributed by atoms with Crippen LogP contribution >= 0.6 is 0 Å². The van der Waals surface area contributed by atoms with Crippen molar-refractivity contribution in [1.82, 2.24) is 15.2 Å². The molecule has 150 valence electrons. The molecule has 0 radical (unpaired) electrons. The Bertz CT molecular complexity index is 1080. The molecule has 0 unspecified atom stereocenters. The van der Waals surface area contributed by atoms with Gasteiger partial charge in [-0.1, -0.05) is 24.3 Å². The van der Waals surface area contributed by atoms with E-state index in [1.165, 1.54) is 25.9 Å². The van der Waals surface area contributed by atoms with Gasteiger partial charge in [0, 0.05) is 34.8 Å². The van der Waals surface area contributed by atoms with Crippen molar-refractivity contribution in [1.29, 1.82) is 0 Å². The lowest BCUT2D eigenvalue weighted by molar-refractivity contribution is 0.0952. The minimum Gasteiger partial charge on any atom is -0.358 e. The van der Waals surface area contributed by atoms with Gasteiger partial charge in [-0.2, -0.15) is 0 Å². The number of carbonyl (C=O) groups excluding carboxylic acids is 1. The van der Waals surface area contributed by atoms with Crippen LogP contribution in [0.1, 0.15) is 35.3 Å². The van der Waals surface area contributed by atoms with Crippen LogP contribution in [0.3, 0.4) is 0 Å². The van der Waals surface area contributed by atoms with E-state index in [2.05, 4.69) is 15.2 Å². The van der Waals surface area contributed by atoms with Crippen molar-refractivity contribution in [2.45, 2.75) is 26.2 Å². The third kappa shape index (κ3) is 4.40. The second-order valence-electron chi connectivity index (χ2n) is 7.78. The summed E-state index contributed by atoms with van der Waals surface area (Å²) in [4.78, 5) is 30.7. The van der Waals surface area contributed by atoms with Gasteiger partial charge in [0.15, 0.2) is 5.43 Å². The van der Waals surface area contributed by atoms with Gasteiger partial charge >= 0.3 is 0 Å². The lowest BCUT2D eigenvalue weighted by Crippen LogP contribution is -2.28. The number of benzene rings is 2. The zero-order chi connectivity index (χ0) is 20.2. The molecule has 1 amide bonds. The molecule has 1 fully saturated rings. The molecular weight excluding hydrogens is 362 g/mol. The summed E-state index contributed by atoms with van der Waals surface area (Å²) in [6.07, 6.45) is 3.55. The van der Waals surface area contributed by atoms with E-state index in [-0.39, 0.29) is 11.3 Å². The summed E-state index contributed by atoms with van der Waals surface area (Å²) in [6, 6.07) is 14.9. The van der Waals surface area contributed by atoms with Crippen LogP contribution in [0.2, 0.25) is 0 Å². The SMILES string of the molecule is Cc1cc(=O)c2cccc(-c3cccc(C(=O)NCCCN4CCCC4)c3)c2[nH]1. The zero-order valence-corrected chi connectivity index (χ0v) is 16.8. The Balaban J connectivity index is 1.51. The van der Waals surface area contributed by atoms with Gasteiger partial charge in [0.2, 0.25) is 0 Å². The number of aromatic amines is 1. The first kappa shape index (κ1) is 19.4. The van der Waals surface area contributed by atoms with E-state index in [1.807, 2.05) is 49.4 Å². The molecule has 5 nitrogen and oxygen atoms in total. The molecule has 1 aromatic heterocycles. The normalized spacial score (nSPS) is 14.4. The van der Waals surface area contributed by atoms with Crippen LogP contribution in [0.15, 0.2) is 53.3 Å². The molecule has 4 rings (SSSR count). The van der Waals surface area contributed by atoms with Crippen LogP contribution in [0.4, 0.5) is 0 Å². The van der Waals surface area contributed by atoms with Crippen molar-refractivity contribution in [3.63, 3.8) is 0 Å². The average molecular weight is 389 g/mol. The van der Waals surface area contributed by atoms with Gasteiger partial charge in [0.05, 0.1) is 5.52 Å². The number of hydrogen-bond acceptors (Lipinski definition) is 3. The number of nitrogens with zero attached hydrogens (tertiary/aromatic N) is 1. The molecule has 0 aliphatic carbocycles. The van der Waals surface area contributed by atoms with Gasteiger partial charge in [0.25, 0.3) is 5.91 Å². The molecule has 0 atom stereocenters. The lowest BCUT2D eigenvalue weighted by atomic mass is 9.99. The maximum Gasteiger partial charge on any atom is 0.251 e. The number of rotatable bonds is 6. The predicted octanol–water partition coefficient (Wildman–Crippen LogP) is 3.72. The highest BCUT2D eigenvalue weighted by molar-refractivity contribution is 5.98. The molecule has 0 saturated carbocycles. The standard InChI is InChI=1S/C24H27N3O2/c1-17-15-22(28)21-10-5-9-20(23(21)26-17)18-7-4-8-19(16-18)24(29)25-11-6-14-27-12-2-3-13-27/h4-5,7-10,15-16H,2-3,6,11-14H2,1H3,(H,25,29)(H,26,28). The topological polar surface area (TPSA) is 65.2 Å². The maximum absolute atomic E-state index is 12.6. The van der Waals surface area contributed by atoms with Gasteiger partial charge in [-0.15, -0.1) is 0 Å². The average Bonchev–Trinajstić information content (AvgIpc) is 3.24. The highest BCUT2D eigenvalue weighted by atomic mass is 16.1. The monoisotopic (exact) mass is 389 g/mol. The van der Waals surface area contributed by atoms with E-state index in [1.54, 1.807) is 6.07 Å². The van der Waals surface area contributed by atoms with Crippen LogP contribution < -0.4 is 10.7 Å². The van der Waals surface area contributed by atoms with Crippen molar-refractivity contribution in [2.24, 2.45) is 0 Å². The van der Waals surface area contributed by atoms with Crippen LogP contribution in [0, 0.1) is 6.92 Å². The molecule has 0 bridgehead atoms. The minimum atomic E-state index is -0.0572. The van der Waals surface area contributed by atoms with Crippen molar-refractivity contribution in [3.05, 3.63) is 70.0 Å². The Kier molecular flexibility index (Phi) is 5.76. The summed E-state index contributed by atoms with van der Waals surface area (Å²) >= 11 is 0. The van der Waals surface area contributed by atoms with Crippen LogP contribution in [0.5, 0.6) is 0 Å². The Morgan fingerprint density at radius 3 is 2.72 bits per heavy atom. The fourth-order valence-corrected chi connectivity index (χ4v) is 4.08. The molecule has 0 spiro atoms. The number of aryl methyl sites for hydroxylation is 1. The van der Waals surface area contributed by atoms with Crippen LogP contribution in [-0.2, 0) is 0 Å². The van der Waals surface area contributed by atoms with E-state index < -0.39 is 0 Å². The number of aromatic nitrogens is 1. The molecule has 3 aromatic rings. The summed E-state index contributed by atoms with van der Waals surface area (Å²) < 4.78 is 0. The molecule has 1 saturated heterocycles. The second-order valence-corrected chi connectivity index (χ2v) is 7.78. The lowest BCUT2D eigenvalue weighted by Gasteiger charge is -2.14. The molecule has 2 aromatic carbocycles. The molecule has 1 aliphatic rings. The number of para-hydroxylation sites is 1.